The van der Waals surface area contributed by atoms with E-state index in [9.17, 15) is 0 Å². The van der Waals surface area contributed by atoms with Crippen LogP contribution in [0.4, 0.5) is 0 Å². The van der Waals surface area contributed by atoms with Crippen LogP contribution in [0.3, 0.4) is 0 Å². The molecule has 3 heterocycles. The number of rotatable bonds is 6. The van der Waals surface area contributed by atoms with Gasteiger partial charge in [-0.1, -0.05) is 18.2 Å². The van der Waals surface area contributed by atoms with Gasteiger partial charge >= 0.3 is 0 Å². The van der Waals surface area contributed by atoms with Crippen molar-refractivity contribution in [2.45, 2.75) is 6.54 Å². The molecule has 0 aliphatic carbocycles. The Morgan fingerprint density at radius 3 is 2.25 bits per heavy atom. The summed E-state index contributed by atoms with van der Waals surface area (Å²) >= 11 is 0. The fourth-order valence-electron chi connectivity index (χ4n) is 2.97. The van der Waals surface area contributed by atoms with Gasteiger partial charge in [0.05, 0.1) is 18.9 Å². The van der Waals surface area contributed by atoms with Crippen molar-refractivity contribution in [1.82, 2.24) is 34.4 Å². The van der Waals surface area contributed by atoms with Crippen LogP contribution in [0.5, 0.6) is 0 Å². The van der Waals surface area contributed by atoms with Gasteiger partial charge in [-0.05, 0) is 25.7 Å². The first-order valence-corrected chi connectivity index (χ1v) is 9.17. The summed E-state index contributed by atoms with van der Waals surface area (Å²) in [6, 6.07) is 8.19. The molecular formula is C21H23N7. The Labute approximate surface area is 164 Å². The molecule has 0 amide bonds. The van der Waals surface area contributed by atoms with E-state index in [2.05, 4.69) is 51.3 Å². The lowest BCUT2D eigenvalue weighted by atomic mass is 10.1. The Bertz CT molecular complexity index is 1060. The molecule has 3 aromatic heterocycles. The fraction of sp³-hybridized carbons (Fsp3) is 0.238. The van der Waals surface area contributed by atoms with Crippen molar-refractivity contribution in [1.29, 1.82) is 0 Å². The fourth-order valence-corrected chi connectivity index (χ4v) is 2.97. The number of benzene rings is 1. The third-order valence-electron chi connectivity index (χ3n) is 4.55. The minimum absolute atomic E-state index is 0.703. The third-order valence-corrected chi connectivity index (χ3v) is 4.55. The zero-order valence-electron chi connectivity index (χ0n) is 16.3. The molecule has 0 unspecified atom stereocenters. The zero-order chi connectivity index (χ0) is 19.5. The van der Waals surface area contributed by atoms with Gasteiger partial charge < -0.3 is 4.90 Å². The van der Waals surface area contributed by atoms with Gasteiger partial charge in [-0.2, -0.15) is 10.2 Å². The number of hydrogen-bond donors (Lipinski definition) is 0. The monoisotopic (exact) mass is 373 g/mol. The van der Waals surface area contributed by atoms with Crippen molar-refractivity contribution < 1.29 is 0 Å². The second-order valence-corrected chi connectivity index (χ2v) is 7.07. The first kappa shape index (κ1) is 18.1. The lowest BCUT2D eigenvalue weighted by Gasteiger charge is -2.08. The summed E-state index contributed by atoms with van der Waals surface area (Å²) in [6.45, 7) is 1.80. The molecule has 0 atom stereocenters. The maximum absolute atomic E-state index is 4.57. The van der Waals surface area contributed by atoms with Gasteiger partial charge in [0.2, 0.25) is 0 Å². The number of hydrogen-bond acceptors (Lipinski definition) is 5. The lowest BCUT2D eigenvalue weighted by molar-refractivity contribution is 0.373. The van der Waals surface area contributed by atoms with Crippen LogP contribution >= 0.6 is 0 Å². The number of aromatic nitrogens is 6. The lowest BCUT2D eigenvalue weighted by Crippen LogP contribution is -2.18. The van der Waals surface area contributed by atoms with Crippen molar-refractivity contribution in [2.24, 2.45) is 7.05 Å². The molecule has 0 aliphatic heterocycles. The van der Waals surface area contributed by atoms with E-state index in [0.717, 1.165) is 40.9 Å². The van der Waals surface area contributed by atoms with E-state index in [1.165, 1.54) is 0 Å². The average Bonchev–Trinajstić information content (AvgIpc) is 3.36. The van der Waals surface area contributed by atoms with Crippen LogP contribution in [0.1, 0.15) is 0 Å². The van der Waals surface area contributed by atoms with E-state index >= 15 is 0 Å². The highest BCUT2D eigenvalue weighted by molar-refractivity contribution is 5.70. The van der Waals surface area contributed by atoms with Crippen LogP contribution in [-0.4, -0.2) is 55.1 Å². The smallest absolute Gasteiger partial charge is 0.159 e. The molecule has 0 bridgehead atoms. The molecule has 142 valence electrons. The molecule has 28 heavy (non-hydrogen) atoms. The summed E-state index contributed by atoms with van der Waals surface area (Å²) in [6.07, 6.45) is 11.5. The Kier molecular flexibility index (Phi) is 4.99. The van der Waals surface area contributed by atoms with E-state index in [1.54, 1.807) is 4.68 Å². The van der Waals surface area contributed by atoms with Gasteiger partial charge in [0.15, 0.2) is 5.82 Å². The van der Waals surface area contributed by atoms with Crippen molar-refractivity contribution in [3.05, 3.63) is 61.4 Å². The van der Waals surface area contributed by atoms with Crippen LogP contribution in [0.2, 0.25) is 0 Å². The predicted octanol–water partition coefficient (Wildman–Crippen LogP) is 2.97. The van der Waals surface area contributed by atoms with Crippen LogP contribution in [-0.2, 0) is 13.6 Å². The molecule has 0 radical (unpaired) electrons. The summed E-state index contributed by atoms with van der Waals surface area (Å²) in [4.78, 5) is 11.3. The molecule has 4 aromatic rings. The van der Waals surface area contributed by atoms with Crippen LogP contribution in [0, 0.1) is 0 Å². The minimum Gasteiger partial charge on any atom is -0.308 e. The van der Waals surface area contributed by atoms with E-state index in [4.69, 9.17) is 0 Å². The van der Waals surface area contributed by atoms with Crippen LogP contribution < -0.4 is 0 Å². The quantitative estimate of drug-likeness (QED) is 0.520. The second-order valence-electron chi connectivity index (χ2n) is 7.07. The van der Waals surface area contributed by atoms with E-state index in [0.29, 0.717) is 5.82 Å². The molecule has 0 aliphatic rings. The summed E-state index contributed by atoms with van der Waals surface area (Å²) in [5.74, 6) is 0.703. The molecule has 0 N–H and O–H groups in total. The van der Waals surface area contributed by atoms with Gasteiger partial charge in [-0.15, -0.1) is 0 Å². The maximum Gasteiger partial charge on any atom is 0.159 e. The molecule has 0 fully saturated rings. The molecule has 0 saturated heterocycles. The molecular weight excluding hydrogens is 350 g/mol. The molecule has 4 rings (SSSR count). The van der Waals surface area contributed by atoms with Crippen molar-refractivity contribution in [3.63, 3.8) is 0 Å². The average molecular weight is 373 g/mol. The Morgan fingerprint density at radius 2 is 1.54 bits per heavy atom. The standard InChI is InChI=1S/C21H23N7/c1-26(2)7-8-28-15-20(13-25-28)18-10-22-21(23-11-18)17-6-4-5-16(9-17)19-12-24-27(3)14-19/h4-6,9-15H,7-8H2,1-3H3. The number of aryl methyl sites for hydroxylation is 1. The minimum atomic E-state index is 0.703. The zero-order valence-corrected chi connectivity index (χ0v) is 16.3. The van der Waals surface area contributed by atoms with Crippen molar-refractivity contribution in [2.75, 3.05) is 20.6 Å². The van der Waals surface area contributed by atoms with E-state index < -0.39 is 0 Å². The largest absolute Gasteiger partial charge is 0.308 e. The van der Waals surface area contributed by atoms with Gasteiger partial charge in [0.1, 0.15) is 0 Å². The van der Waals surface area contributed by atoms with Gasteiger partial charge in [-0.25, -0.2) is 9.97 Å². The highest BCUT2D eigenvalue weighted by atomic mass is 15.3. The Hall–Kier alpha value is -3.32. The van der Waals surface area contributed by atoms with Gasteiger partial charge in [0.25, 0.3) is 0 Å². The second kappa shape index (κ2) is 7.74. The number of nitrogens with zero attached hydrogens (tertiary/aromatic N) is 7. The van der Waals surface area contributed by atoms with Gasteiger partial charge in [0, 0.05) is 60.6 Å². The molecule has 1 aromatic carbocycles. The van der Waals surface area contributed by atoms with Crippen molar-refractivity contribution >= 4 is 0 Å². The van der Waals surface area contributed by atoms with Gasteiger partial charge in [-0.3, -0.25) is 9.36 Å². The van der Waals surface area contributed by atoms with E-state index in [-0.39, 0.29) is 0 Å². The Balaban J connectivity index is 1.54. The first-order valence-electron chi connectivity index (χ1n) is 9.17. The summed E-state index contributed by atoms with van der Waals surface area (Å²) in [7, 11) is 6.03. The molecule has 7 heteroatoms. The highest BCUT2D eigenvalue weighted by Crippen LogP contribution is 2.25. The van der Waals surface area contributed by atoms with Crippen molar-refractivity contribution in [3.8, 4) is 33.6 Å². The maximum atomic E-state index is 4.57. The number of likely N-dealkylation sites (N-methyl/N-ethyl adjacent to an activating group) is 1. The topological polar surface area (TPSA) is 64.7 Å². The summed E-state index contributed by atoms with van der Waals surface area (Å²) < 4.78 is 3.74. The third kappa shape index (κ3) is 3.99. The molecule has 0 saturated carbocycles. The highest BCUT2D eigenvalue weighted by Gasteiger charge is 2.08. The molecule has 7 nitrogen and oxygen atoms in total. The van der Waals surface area contributed by atoms with Crippen LogP contribution in [0.15, 0.2) is 61.4 Å². The summed E-state index contributed by atoms with van der Waals surface area (Å²) in [5.41, 5.74) is 5.14. The summed E-state index contributed by atoms with van der Waals surface area (Å²) in [5, 5.41) is 8.66. The Morgan fingerprint density at radius 1 is 0.821 bits per heavy atom. The van der Waals surface area contributed by atoms with E-state index in [1.807, 2.05) is 61.0 Å². The van der Waals surface area contributed by atoms with Crippen LogP contribution in [0.25, 0.3) is 33.6 Å². The predicted molar refractivity (Wildman–Crippen MR) is 109 cm³/mol. The normalized spacial score (nSPS) is 11.3. The SMILES string of the molecule is CN(C)CCn1cc(-c2cnc(-c3cccc(-c4cnn(C)c4)c3)nc2)cn1. The molecule has 0 spiro atoms. The first-order chi connectivity index (χ1) is 13.6.